The Kier molecular flexibility index (Phi) is 5.35. The maximum atomic E-state index is 12.9. The SMILES string of the molecule is O=[N+]([O-])c1cn2c(n1)OC[C@@H](OCc1ccc(/C=C/c3ccc(F)cc3)cc1)C2. The van der Waals surface area contributed by atoms with Gasteiger partial charge in [0.2, 0.25) is 0 Å². The molecule has 29 heavy (non-hydrogen) atoms. The van der Waals surface area contributed by atoms with Gasteiger partial charge in [0, 0.05) is 4.98 Å². The predicted molar refractivity (Wildman–Crippen MR) is 105 cm³/mol. The summed E-state index contributed by atoms with van der Waals surface area (Å²) in [5.74, 6) is -0.484. The van der Waals surface area contributed by atoms with Crippen LogP contribution in [0.1, 0.15) is 16.7 Å². The number of halogens is 1. The summed E-state index contributed by atoms with van der Waals surface area (Å²) in [6.45, 7) is 1.16. The zero-order valence-corrected chi connectivity index (χ0v) is 15.4. The standard InChI is InChI=1S/C21H18FN3O4/c22-18-9-7-16(8-10-18)2-1-15-3-5-17(6-4-15)13-28-19-11-24-12-20(25(26)27)23-21(24)29-14-19/h1-10,12,19H,11,13-14H2/b2-1+/t19-/m0/s1. The zero-order valence-electron chi connectivity index (χ0n) is 15.4. The third-order valence-electron chi connectivity index (χ3n) is 4.52. The highest BCUT2D eigenvalue weighted by Gasteiger charge is 2.28. The molecule has 1 aliphatic rings. The van der Waals surface area contributed by atoms with E-state index in [2.05, 4.69) is 4.98 Å². The summed E-state index contributed by atoms with van der Waals surface area (Å²) in [5, 5.41) is 10.8. The van der Waals surface area contributed by atoms with Crippen LogP contribution in [0.15, 0.2) is 54.7 Å². The molecule has 0 unspecified atom stereocenters. The fourth-order valence-corrected chi connectivity index (χ4v) is 2.97. The molecule has 7 nitrogen and oxygen atoms in total. The van der Waals surface area contributed by atoms with Crippen LogP contribution in [0, 0.1) is 15.9 Å². The van der Waals surface area contributed by atoms with Gasteiger partial charge in [0.15, 0.2) is 0 Å². The number of imidazole rings is 1. The highest BCUT2D eigenvalue weighted by Crippen LogP contribution is 2.23. The zero-order chi connectivity index (χ0) is 20.2. The number of rotatable bonds is 6. The van der Waals surface area contributed by atoms with Crippen molar-refractivity contribution < 1.29 is 18.8 Å². The van der Waals surface area contributed by atoms with Crippen LogP contribution in [0.5, 0.6) is 6.01 Å². The van der Waals surface area contributed by atoms with E-state index in [0.29, 0.717) is 19.8 Å². The minimum atomic E-state index is -0.545. The maximum absolute atomic E-state index is 12.9. The normalized spacial score (nSPS) is 15.8. The van der Waals surface area contributed by atoms with Crippen LogP contribution in [0.2, 0.25) is 0 Å². The van der Waals surface area contributed by atoms with Crippen molar-refractivity contribution in [3.05, 3.63) is 87.3 Å². The van der Waals surface area contributed by atoms with Gasteiger partial charge in [-0.05, 0) is 33.7 Å². The van der Waals surface area contributed by atoms with Gasteiger partial charge in [0.25, 0.3) is 0 Å². The first-order chi connectivity index (χ1) is 14.1. The van der Waals surface area contributed by atoms with Crippen LogP contribution in [0.3, 0.4) is 0 Å². The minimum absolute atomic E-state index is 0.214. The van der Waals surface area contributed by atoms with Crippen molar-refractivity contribution in [1.82, 2.24) is 9.55 Å². The van der Waals surface area contributed by atoms with E-state index in [0.717, 1.165) is 16.7 Å². The van der Waals surface area contributed by atoms with Gasteiger partial charge in [-0.25, -0.2) is 4.39 Å². The molecule has 0 saturated heterocycles. The lowest BCUT2D eigenvalue weighted by molar-refractivity contribution is -0.389. The predicted octanol–water partition coefficient (Wildman–Crippen LogP) is 4.08. The maximum Gasteiger partial charge on any atom is 0.414 e. The third kappa shape index (κ3) is 4.67. The second kappa shape index (κ2) is 8.24. The Morgan fingerprint density at radius 3 is 2.48 bits per heavy atom. The van der Waals surface area contributed by atoms with E-state index in [4.69, 9.17) is 9.47 Å². The average Bonchev–Trinajstić information content (AvgIpc) is 3.16. The number of hydrogen-bond donors (Lipinski definition) is 0. The largest absolute Gasteiger partial charge is 0.443 e. The number of nitrogens with zero attached hydrogens (tertiary/aromatic N) is 3. The molecule has 0 spiro atoms. The molecule has 0 bridgehead atoms. The van der Waals surface area contributed by atoms with Crippen LogP contribution in [-0.2, 0) is 17.9 Å². The average molecular weight is 395 g/mol. The van der Waals surface area contributed by atoms with Crippen molar-refractivity contribution >= 4 is 18.0 Å². The molecule has 0 radical (unpaired) electrons. The van der Waals surface area contributed by atoms with Crippen molar-refractivity contribution in [2.75, 3.05) is 6.61 Å². The molecule has 0 fully saturated rings. The molecule has 1 aliphatic heterocycles. The Balaban J connectivity index is 1.31. The minimum Gasteiger partial charge on any atom is -0.443 e. The molecule has 4 rings (SSSR count). The van der Waals surface area contributed by atoms with Crippen molar-refractivity contribution in [2.24, 2.45) is 0 Å². The van der Waals surface area contributed by atoms with Gasteiger partial charge in [-0.3, -0.25) is 4.57 Å². The van der Waals surface area contributed by atoms with Crippen LogP contribution in [-0.4, -0.2) is 27.2 Å². The molecule has 148 valence electrons. The number of hydrogen-bond acceptors (Lipinski definition) is 5. The first-order valence-corrected chi connectivity index (χ1v) is 9.05. The van der Waals surface area contributed by atoms with Crippen molar-refractivity contribution in [3.63, 3.8) is 0 Å². The van der Waals surface area contributed by atoms with Gasteiger partial charge in [0.1, 0.15) is 24.7 Å². The fraction of sp³-hybridized carbons (Fsp3) is 0.190. The summed E-state index contributed by atoms with van der Waals surface area (Å²) in [6.07, 6.45) is 5.02. The highest BCUT2D eigenvalue weighted by atomic mass is 19.1. The number of fused-ring (bicyclic) bond motifs is 1. The molecule has 1 aromatic heterocycles. The number of ether oxygens (including phenoxy) is 2. The van der Waals surface area contributed by atoms with Crippen molar-refractivity contribution in [2.45, 2.75) is 19.3 Å². The smallest absolute Gasteiger partial charge is 0.414 e. The van der Waals surface area contributed by atoms with E-state index in [1.165, 1.54) is 18.3 Å². The summed E-state index contributed by atoms with van der Waals surface area (Å²) in [5.41, 5.74) is 2.95. The summed E-state index contributed by atoms with van der Waals surface area (Å²) in [7, 11) is 0. The molecule has 0 aliphatic carbocycles. The van der Waals surface area contributed by atoms with Gasteiger partial charge in [-0.2, -0.15) is 0 Å². The third-order valence-corrected chi connectivity index (χ3v) is 4.52. The summed E-state index contributed by atoms with van der Waals surface area (Å²) >= 11 is 0. The Hall–Kier alpha value is -3.52. The Labute approximate surface area is 166 Å². The van der Waals surface area contributed by atoms with Gasteiger partial charge in [0.05, 0.1) is 13.2 Å². The van der Waals surface area contributed by atoms with Crippen LogP contribution < -0.4 is 4.74 Å². The second-order valence-corrected chi connectivity index (χ2v) is 6.66. The van der Waals surface area contributed by atoms with E-state index < -0.39 is 4.92 Å². The van der Waals surface area contributed by atoms with E-state index in [9.17, 15) is 14.5 Å². The van der Waals surface area contributed by atoms with E-state index in [1.54, 1.807) is 16.7 Å². The number of nitro groups is 1. The molecule has 0 amide bonds. The second-order valence-electron chi connectivity index (χ2n) is 6.66. The van der Waals surface area contributed by atoms with Crippen molar-refractivity contribution in [3.8, 4) is 6.01 Å². The lowest BCUT2D eigenvalue weighted by atomic mass is 10.1. The topological polar surface area (TPSA) is 79.4 Å². The summed E-state index contributed by atoms with van der Waals surface area (Å²) in [4.78, 5) is 14.1. The molecule has 3 aromatic rings. The summed E-state index contributed by atoms with van der Waals surface area (Å²) in [6, 6.07) is 14.5. The van der Waals surface area contributed by atoms with Crippen LogP contribution in [0.4, 0.5) is 10.2 Å². The van der Waals surface area contributed by atoms with Crippen molar-refractivity contribution in [1.29, 1.82) is 0 Å². The Morgan fingerprint density at radius 1 is 1.17 bits per heavy atom. The van der Waals surface area contributed by atoms with Crippen LogP contribution >= 0.6 is 0 Å². The molecule has 8 heteroatoms. The molecule has 2 aromatic carbocycles. The molecule has 1 atom stereocenters. The first-order valence-electron chi connectivity index (χ1n) is 9.05. The monoisotopic (exact) mass is 395 g/mol. The van der Waals surface area contributed by atoms with E-state index in [-0.39, 0.29) is 23.7 Å². The molecule has 2 heterocycles. The molecular weight excluding hydrogens is 377 g/mol. The van der Waals surface area contributed by atoms with Gasteiger partial charge < -0.3 is 19.6 Å². The number of benzene rings is 2. The van der Waals surface area contributed by atoms with Crippen LogP contribution in [0.25, 0.3) is 12.2 Å². The lowest BCUT2D eigenvalue weighted by Gasteiger charge is -2.22. The number of aromatic nitrogens is 2. The summed E-state index contributed by atoms with van der Waals surface area (Å²) < 4.78 is 25.8. The fourth-order valence-electron chi connectivity index (χ4n) is 2.97. The van der Waals surface area contributed by atoms with E-state index in [1.807, 2.05) is 36.4 Å². The highest BCUT2D eigenvalue weighted by molar-refractivity contribution is 5.69. The van der Waals surface area contributed by atoms with E-state index >= 15 is 0 Å². The molecule has 0 N–H and O–H groups in total. The lowest BCUT2D eigenvalue weighted by Crippen LogP contribution is -2.32. The van der Waals surface area contributed by atoms with Gasteiger partial charge >= 0.3 is 11.8 Å². The van der Waals surface area contributed by atoms with Gasteiger partial charge in [-0.15, -0.1) is 0 Å². The Bertz CT molecular complexity index is 1030. The molecule has 0 saturated carbocycles. The molecular formula is C21H18FN3O4. The Morgan fingerprint density at radius 2 is 1.83 bits per heavy atom. The quantitative estimate of drug-likeness (QED) is 0.357. The van der Waals surface area contributed by atoms with Gasteiger partial charge in [-0.1, -0.05) is 48.6 Å². The first kappa shape index (κ1) is 18.8.